The monoisotopic (exact) mass is 333 g/mol. The molecule has 2 aromatic rings. The Labute approximate surface area is 141 Å². The highest BCUT2D eigenvalue weighted by Gasteiger charge is 2.12. The molecule has 2 aromatic carbocycles. The van der Waals surface area contributed by atoms with Crippen LogP contribution in [0.3, 0.4) is 0 Å². The van der Waals surface area contributed by atoms with E-state index >= 15 is 0 Å². The third-order valence-corrected chi connectivity index (χ3v) is 3.80. The van der Waals surface area contributed by atoms with Gasteiger partial charge >= 0.3 is 0 Å². The number of carbonyl (C=O) groups is 1. The van der Waals surface area contributed by atoms with Gasteiger partial charge in [-0.3, -0.25) is 4.79 Å². The van der Waals surface area contributed by atoms with Crippen molar-refractivity contribution in [2.24, 2.45) is 0 Å². The molecule has 4 nitrogen and oxygen atoms in total. The molecule has 5 heteroatoms. The Hall–Kier alpha value is -2.04. The molecule has 0 aliphatic carbocycles. The van der Waals surface area contributed by atoms with E-state index in [4.69, 9.17) is 16.3 Å². The van der Waals surface area contributed by atoms with Crippen molar-refractivity contribution in [3.63, 3.8) is 0 Å². The van der Waals surface area contributed by atoms with E-state index in [1.54, 1.807) is 37.3 Å². The maximum Gasteiger partial charge on any atom is 0.258 e. The Morgan fingerprint density at radius 3 is 2.65 bits per heavy atom. The third-order valence-electron chi connectivity index (χ3n) is 3.46. The zero-order chi connectivity index (χ0) is 16.8. The zero-order valence-electron chi connectivity index (χ0n) is 13.1. The molecule has 0 saturated carbocycles. The zero-order valence-corrected chi connectivity index (χ0v) is 13.9. The smallest absolute Gasteiger partial charge is 0.258 e. The van der Waals surface area contributed by atoms with Crippen molar-refractivity contribution < 1.29 is 14.6 Å². The first-order chi connectivity index (χ1) is 11.0. The van der Waals surface area contributed by atoms with Gasteiger partial charge in [0.15, 0.2) is 6.61 Å². The van der Waals surface area contributed by atoms with Gasteiger partial charge in [0.1, 0.15) is 5.75 Å². The van der Waals surface area contributed by atoms with Crippen LogP contribution in [0.1, 0.15) is 37.1 Å². The Bertz CT molecular complexity index is 673. The molecule has 0 aliphatic heterocycles. The lowest BCUT2D eigenvalue weighted by molar-refractivity contribution is -0.123. The Morgan fingerprint density at radius 1 is 1.22 bits per heavy atom. The number of rotatable bonds is 6. The van der Waals surface area contributed by atoms with Gasteiger partial charge in [0.2, 0.25) is 0 Å². The van der Waals surface area contributed by atoms with Crippen LogP contribution in [0.25, 0.3) is 0 Å². The third kappa shape index (κ3) is 4.98. The SMILES string of the molecule is CC(O)c1cccc(OCC(=O)NC(C)c2ccccc2Cl)c1. The van der Waals surface area contributed by atoms with Crippen molar-refractivity contribution in [3.05, 3.63) is 64.7 Å². The molecule has 2 unspecified atom stereocenters. The average Bonchev–Trinajstić information content (AvgIpc) is 2.53. The predicted molar refractivity (Wildman–Crippen MR) is 90.6 cm³/mol. The molecule has 0 spiro atoms. The summed E-state index contributed by atoms with van der Waals surface area (Å²) in [5.74, 6) is 0.309. The Balaban J connectivity index is 1.90. The second-order valence-corrected chi connectivity index (χ2v) is 5.76. The summed E-state index contributed by atoms with van der Waals surface area (Å²) in [5, 5.41) is 13.0. The number of aliphatic hydroxyl groups excluding tert-OH is 1. The van der Waals surface area contributed by atoms with E-state index < -0.39 is 6.10 Å². The summed E-state index contributed by atoms with van der Waals surface area (Å²) < 4.78 is 5.47. The summed E-state index contributed by atoms with van der Waals surface area (Å²) in [5.41, 5.74) is 1.60. The van der Waals surface area contributed by atoms with E-state index in [1.165, 1.54) is 0 Å². The molecule has 0 aliphatic rings. The number of aliphatic hydroxyl groups is 1. The van der Waals surface area contributed by atoms with Gasteiger partial charge < -0.3 is 15.2 Å². The standard InChI is InChI=1S/C18H20ClNO3/c1-12(16-8-3-4-9-17(16)19)20-18(22)11-23-15-7-5-6-14(10-15)13(2)21/h3-10,12-13,21H,11H2,1-2H3,(H,20,22). The maximum atomic E-state index is 12.0. The summed E-state index contributed by atoms with van der Waals surface area (Å²) in [6.45, 7) is 3.45. The van der Waals surface area contributed by atoms with Crippen LogP contribution < -0.4 is 10.1 Å². The number of amides is 1. The Kier molecular flexibility index (Phi) is 6.02. The van der Waals surface area contributed by atoms with Crippen LogP contribution in [-0.4, -0.2) is 17.6 Å². The maximum absolute atomic E-state index is 12.0. The van der Waals surface area contributed by atoms with E-state index in [0.29, 0.717) is 10.8 Å². The molecule has 1 amide bonds. The van der Waals surface area contributed by atoms with Gasteiger partial charge in [0, 0.05) is 5.02 Å². The molecule has 2 rings (SSSR count). The van der Waals surface area contributed by atoms with Crippen LogP contribution in [0.2, 0.25) is 5.02 Å². The number of hydrogen-bond acceptors (Lipinski definition) is 3. The van der Waals surface area contributed by atoms with Crippen molar-refractivity contribution in [2.75, 3.05) is 6.61 Å². The first kappa shape index (κ1) is 17.3. The fourth-order valence-electron chi connectivity index (χ4n) is 2.20. The highest BCUT2D eigenvalue weighted by molar-refractivity contribution is 6.31. The first-order valence-corrected chi connectivity index (χ1v) is 7.80. The molecule has 0 saturated heterocycles. The molecular weight excluding hydrogens is 314 g/mol. The molecule has 23 heavy (non-hydrogen) atoms. The molecule has 0 fully saturated rings. The number of nitrogens with one attached hydrogen (secondary N) is 1. The number of ether oxygens (including phenoxy) is 1. The summed E-state index contributed by atoms with van der Waals surface area (Å²) in [6.07, 6.45) is -0.576. The minimum absolute atomic E-state index is 0.0992. The molecule has 2 atom stereocenters. The van der Waals surface area contributed by atoms with Crippen molar-refractivity contribution in [2.45, 2.75) is 26.0 Å². The molecule has 0 aromatic heterocycles. The summed E-state index contributed by atoms with van der Waals surface area (Å²) in [4.78, 5) is 12.0. The lowest BCUT2D eigenvalue weighted by atomic mass is 10.1. The highest BCUT2D eigenvalue weighted by atomic mass is 35.5. The van der Waals surface area contributed by atoms with Crippen LogP contribution in [0.5, 0.6) is 5.75 Å². The van der Waals surface area contributed by atoms with Crippen LogP contribution in [0.4, 0.5) is 0 Å². The summed E-state index contributed by atoms with van der Waals surface area (Å²) >= 11 is 6.12. The molecule has 122 valence electrons. The van der Waals surface area contributed by atoms with E-state index in [1.807, 2.05) is 25.1 Å². The largest absolute Gasteiger partial charge is 0.484 e. The lowest BCUT2D eigenvalue weighted by Crippen LogP contribution is -2.31. The van der Waals surface area contributed by atoms with Gasteiger partial charge in [-0.2, -0.15) is 0 Å². The minimum atomic E-state index is -0.576. The molecular formula is C18H20ClNO3. The number of hydrogen-bond donors (Lipinski definition) is 2. The van der Waals surface area contributed by atoms with Crippen LogP contribution in [0.15, 0.2) is 48.5 Å². The fourth-order valence-corrected chi connectivity index (χ4v) is 2.50. The fraction of sp³-hybridized carbons (Fsp3) is 0.278. The molecule has 0 bridgehead atoms. The topological polar surface area (TPSA) is 58.6 Å². The quantitative estimate of drug-likeness (QED) is 0.848. The van der Waals surface area contributed by atoms with E-state index in [2.05, 4.69) is 5.32 Å². The normalized spacial score (nSPS) is 13.2. The van der Waals surface area contributed by atoms with Crippen LogP contribution in [0, 0.1) is 0 Å². The summed E-state index contributed by atoms with van der Waals surface area (Å²) in [6, 6.07) is 14.2. The number of benzene rings is 2. The predicted octanol–water partition coefficient (Wildman–Crippen LogP) is 3.65. The van der Waals surface area contributed by atoms with E-state index in [0.717, 1.165) is 11.1 Å². The summed E-state index contributed by atoms with van der Waals surface area (Å²) in [7, 11) is 0. The highest BCUT2D eigenvalue weighted by Crippen LogP contribution is 2.22. The molecule has 2 N–H and O–H groups in total. The average molecular weight is 334 g/mol. The first-order valence-electron chi connectivity index (χ1n) is 7.42. The lowest BCUT2D eigenvalue weighted by Gasteiger charge is -2.16. The van der Waals surface area contributed by atoms with E-state index in [9.17, 15) is 9.90 Å². The van der Waals surface area contributed by atoms with Gasteiger partial charge in [-0.1, -0.05) is 41.9 Å². The number of carbonyl (C=O) groups excluding carboxylic acids is 1. The van der Waals surface area contributed by atoms with E-state index in [-0.39, 0.29) is 18.6 Å². The van der Waals surface area contributed by atoms with Gasteiger partial charge in [-0.15, -0.1) is 0 Å². The van der Waals surface area contributed by atoms with Gasteiger partial charge in [-0.25, -0.2) is 0 Å². The van der Waals surface area contributed by atoms with Crippen LogP contribution in [-0.2, 0) is 4.79 Å². The minimum Gasteiger partial charge on any atom is -0.484 e. The van der Waals surface area contributed by atoms with Gasteiger partial charge in [0.05, 0.1) is 12.1 Å². The number of halogens is 1. The van der Waals surface area contributed by atoms with Crippen molar-refractivity contribution in [3.8, 4) is 5.75 Å². The Morgan fingerprint density at radius 2 is 1.96 bits per heavy atom. The second-order valence-electron chi connectivity index (χ2n) is 5.35. The van der Waals surface area contributed by atoms with Crippen molar-refractivity contribution >= 4 is 17.5 Å². The van der Waals surface area contributed by atoms with Gasteiger partial charge in [-0.05, 0) is 43.2 Å². The molecule has 0 radical (unpaired) electrons. The van der Waals surface area contributed by atoms with Crippen molar-refractivity contribution in [1.82, 2.24) is 5.32 Å². The van der Waals surface area contributed by atoms with Gasteiger partial charge in [0.25, 0.3) is 5.91 Å². The second kappa shape index (κ2) is 7.99. The molecule has 0 heterocycles. The van der Waals surface area contributed by atoms with Crippen LogP contribution >= 0.6 is 11.6 Å². The van der Waals surface area contributed by atoms with Crippen molar-refractivity contribution in [1.29, 1.82) is 0 Å².